The third kappa shape index (κ3) is 2.96. The highest BCUT2D eigenvalue weighted by molar-refractivity contribution is 5.84. The highest BCUT2D eigenvalue weighted by atomic mass is 14.8. The van der Waals surface area contributed by atoms with E-state index in [2.05, 4.69) is 60.5 Å². The molecule has 0 saturated heterocycles. The van der Waals surface area contributed by atoms with Crippen molar-refractivity contribution in [2.24, 2.45) is 0 Å². The van der Waals surface area contributed by atoms with Crippen LogP contribution in [0.2, 0.25) is 0 Å². The molecule has 21 heavy (non-hydrogen) atoms. The molecule has 1 N–H and O–H groups in total. The number of hydrogen-bond donors (Lipinski definition) is 1. The van der Waals surface area contributed by atoms with Gasteiger partial charge in [-0.05, 0) is 48.4 Å². The van der Waals surface area contributed by atoms with Crippen LogP contribution in [0.1, 0.15) is 18.1 Å². The van der Waals surface area contributed by atoms with Gasteiger partial charge in [0.15, 0.2) is 0 Å². The standard InChI is InChI=1S/C19H20N2/c1-3-20-12-15-9-8-14(2)18(10-15)17-11-16-6-4-5-7-19(16)21-13-17/h4-11,13,20H,3,12H2,1-2H3. The van der Waals surface area contributed by atoms with Crippen LogP contribution in [-0.2, 0) is 6.54 Å². The largest absolute Gasteiger partial charge is 0.313 e. The summed E-state index contributed by atoms with van der Waals surface area (Å²) < 4.78 is 0. The maximum Gasteiger partial charge on any atom is 0.0702 e. The van der Waals surface area contributed by atoms with E-state index in [1.54, 1.807) is 0 Å². The van der Waals surface area contributed by atoms with Gasteiger partial charge in [-0.2, -0.15) is 0 Å². The molecule has 0 unspecified atom stereocenters. The average Bonchev–Trinajstić information content (AvgIpc) is 2.53. The van der Waals surface area contributed by atoms with Gasteiger partial charge in [0.1, 0.15) is 0 Å². The quantitative estimate of drug-likeness (QED) is 0.767. The van der Waals surface area contributed by atoms with Crippen molar-refractivity contribution >= 4 is 10.9 Å². The van der Waals surface area contributed by atoms with E-state index < -0.39 is 0 Å². The first-order valence-electron chi connectivity index (χ1n) is 7.43. The van der Waals surface area contributed by atoms with E-state index in [1.165, 1.54) is 27.6 Å². The lowest BCUT2D eigenvalue weighted by Crippen LogP contribution is -2.11. The minimum absolute atomic E-state index is 0.908. The van der Waals surface area contributed by atoms with Crippen LogP contribution in [0.25, 0.3) is 22.0 Å². The first-order chi connectivity index (χ1) is 10.3. The molecule has 0 aliphatic rings. The maximum absolute atomic E-state index is 4.57. The molecule has 3 aromatic rings. The summed E-state index contributed by atoms with van der Waals surface area (Å²) in [4.78, 5) is 4.57. The van der Waals surface area contributed by atoms with Crippen molar-refractivity contribution in [3.05, 3.63) is 65.9 Å². The van der Waals surface area contributed by atoms with E-state index in [9.17, 15) is 0 Å². The molecule has 0 amide bonds. The second-order valence-corrected chi connectivity index (χ2v) is 5.35. The molecule has 1 heterocycles. The zero-order chi connectivity index (χ0) is 14.7. The number of benzene rings is 2. The molecule has 0 aliphatic heterocycles. The Kier molecular flexibility index (Phi) is 3.98. The second kappa shape index (κ2) is 6.06. The van der Waals surface area contributed by atoms with Crippen molar-refractivity contribution < 1.29 is 0 Å². The number of aryl methyl sites for hydroxylation is 1. The molecule has 0 bridgehead atoms. The average molecular weight is 276 g/mol. The number of para-hydroxylation sites is 1. The van der Waals surface area contributed by atoms with E-state index in [0.717, 1.165) is 18.6 Å². The molecule has 1 aromatic heterocycles. The van der Waals surface area contributed by atoms with Gasteiger partial charge in [-0.1, -0.05) is 37.3 Å². The van der Waals surface area contributed by atoms with Gasteiger partial charge in [0.25, 0.3) is 0 Å². The molecule has 0 radical (unpaired) electrons. The molecule has 0 spiro atoms. The number of nitrogens with one attached hydrogen (secondary N) is 1. The van der Waals surface area contributed by atoms with Crippen LogP contribution in [0.15, 0.2) is 54.7 Å². The van der Waals surface area contributed by atoms with Crippen LogP contribution in [-0.4, -0.2) is 11.5 Å². The van der Waals surface area contributed by atoms with E-state index in [4.69, 9.17) is 0 Å². The Morgan fingerprint density at radius 2 is 1.90 bits per heavy atom. The molecule has 2 nitrogen and oxygen atoms in total. The lowest BCUT2D eigenvalue weighted by atomic mass is 9.98. The fourth-order valence-electron chi connectivity index (χ4n) is 2.58. The molecule has 0 saturated carbocycles. The number of aromatic nitrogens is 1. The van der Waals surface area contributed by atoms with E-state index in [-0.39, 0.29) is 0 Å². The zero-order valence-corrected chi connectivity index (χ0v) is 12.6. The van der Waals surface area contributed by atoms with Gasteiger partial charge in [0, 0.05) is 23.7 Å². The minimum Gasteiger partial charge on any atom is -0.313 e. The van der Waals surface area contributed by atoms with E-state index in [1.807, 2.05) is 18.3 Å². The highest BCUT2D eigenvalue weighted by Gasteiger charge is 2.05. The SMILES string of the molecule is CCNCc1ccc(C)c(-c2cnc3ccccc3c2)c1. The Labute approximate surface area is 125 Å². The van der Waals surface area contributed by atoms with Crippen LogP contribution in [0.3, 0.4) is 0 Å². The Balaban J connectivity index is 2.04. The molecule has 0 atom stereocenters. The molecular weight excluding hydrogens is 256 g/mol. The number of fused-ring (bicyclic) bond motifs is 1. The summed E-state index contributed by atoms with van der Waals surface area (Å²) in [6.45, 7) is 6.18. The van der Waals surface area contributed by atoms with Crippen LogP contribution >= 0.6 is 0 Å². The fraction of sp³-hybridized carbons (Fsp3) is 0.211. The van der Waals surface area contributed by atoms with E-state index in [0.29, 0.717) is 0 Å². The van der Waals surface area contributed by atoms with Crippen LogP contribution < -0.4 is 5.32 Å². The number of hydrogen-bond acceptors (Lipinski definition) is 2. The lowest BCUT2D eigenvalue weighted by molar-refractivity contribution is 0.727. The van der Waals surface area contributed by atoms with Crippen molar-refractivity contribution in [3.8, 4) is 11.1 Å². The van der Waals surface area contributed by atoms with Crippen molar-refractivity contribution in [2.45, 2.75) is 20.4 Å². The summed E-state index contributed by atoms with van der Waals surface area (Å²) in [5.74, 6) is 0. The van der Waals surface area contributed by atoms with Crippen LogP contribution in [0, 0.1) is 6.92 Å². The van der Waals surface area contributed by atoms with Crippen molar-refractivity contribution in [2.75, 3.05) is 6.54 Å². The van der Waals surface area contributed by atoms with Crippen molar-refractivity contribution in [1.29, 1.82) is 0 Å². The summed E-state index contributed by atoms with van der Waals surface area (Å²) in [6, 6.07) is 17.1. The minimum atomic E-state index is 0.908. The monoisotopic (exact) mass is 276 g/mol. The van der Waals surface area contributed by atoms with Gasteiger partial charge >= 0.3 is 0 Å². The summed E-state index contributed by atoms with van der Waals surface area (Å²) in [7, 11) is 0. The topological polar surface area (TPSA) is 24.9 Å². The number of rotatable bonds is 4. The fourth-order valence-corrected chi connectivity index (χ4v) is 2.58. The van der Waals surface area contributed by atoms with Crippen LogP contribution in [0.4, 0.5) is 0 Å². The number of pyridine rings is 1. The Bertz CT molecular complexity index is 762. The molecule has 0 fully saturated rings. The Hall–Kier alpha value is -2.19. The van der Waals surface area contributed by atoms with Gasteiger partial charge in [-0.3, -0.25) is 4.98 Å². The van der Waals surface area contributed by atoms with Crippen molar-refractivity contribution in [3.63, 3.8) is 0 Å². The molecule has 0 aliphatic carbocycles. The lowest BCUT2D eigenvalue weighted by Gasteiger charge is -2.10. The summed E-state index contributed by atoms with van der Waals surface area (Å²) >= 11 is 0. The Morgan fingerprint density at radius 3 is 2.76 bits per heavy atom. The van der Waals surface area contributed by atoms with Crippen LogP contribution in [0.5, 0.6) is 0 Å². The third-order valence-electron chi connectivity index (χ3n) is 3.78. The Morgan fingerprint density at radius 1 is 1.05 bits per heavy atom. The second-order valence-electron chi connectivity index (χ2n) is 5.35. The first kappa shape index (κ1) is 13.8. The molecular formula is C19H20N2. The van der Waals surface area contributed by atoms with E-state index >= 15 is 0 Å². The predicted octanol–water partition coefficient (Wildman–Crippen LogP) is 4.32. The highest BCUT2D eigenvalue weighted by Crippen LogP contribution is 2.26. The normalized spacial score (nSPS) is 11.0. The third-order valence-corrected chi connectivity index (χ3v) is 3.78. The van der Waals surface area contributed by atoms with Gasteiger partial charge in [-0.15, -0.1) is 0 Å². The van der Waals surface area contributed by atoms with Crippen molar-refractivity contribution in [1.82, 2.24) is 10.3 Å². The predicted molar refractivity (Wildman–Crippen MR) is 89.3 cm³/mol. The molecule has 3 rings (SSSR count). The first-order valence-corrected chi connectivity index (χ1v) is 7.43. The summed E-state index contributed by atoms with van der Waals surface area (Å²) in [5.41, 5.74) is 6.09. The molecule has 2 aromatic carbocycles. The number of nitrogens with zero attached hydrogens (tertiary/aromatic N) is 1. The smallest absolute Gasteiger partial charge is 0.0702 e. The van der Waals surface area contributed by atoms with Gasteiger partial charge < -0.3 is 5.32 Å². The summed E-state index contributed by atoms with van der Waals surface area (Å²) in [5, 5.41) is 4.56. The van der Waals surface area contributed by atoms with Gasteiger partial charge in [0.05, 0.1) is 5.52 Å². The zero-order valence-electron chi connectivity index (χ0n) is 12.6. The van der Waals surface area contributed by atoms with Gasteiger partial charge in [-0.25, -0.2) is 0 Å². The van der Waals surface area contributed by atoms with Gasteiger partial charge in [0.2, 0.25) is 0 Å². The molecule has 2 heteroatoms. The summed E-state index contributed by atoms with van der Waals surface area (Å²) in [6.07, 6.45) is 1.97. The maximum atomic E-state index is 4.57. The molecule has 106 valence electrons.